The first-order valence-electron chi connectivity index (χ1n) is 6.92. The molecule has 0 N–H and O–H groups in total. The molecule has 0 spiro atoms. The van der Waals surface area contributed by atoms with Gasteiger partial charge in [0, 0.05) is 6.42 Å². The van der Waals surface area contributed by atoms with Gasteiger partial charge in [-0.2, -0.15) is 0 Å². The summed E-state index contributed by atoms with van der Waals surface area (Å²) in [5, 5.41) is 0. The van der Waals surface area contributed by atoms with Gasteiger partial charge in [-0.25, -0.2) is 4.79 Å². The number of benzene rings is 1. The van der Waals surface area contributed by atoms with Gasteiger partial charge < -0.3 is 9.64 Å². The molecule has 1 amide bonds. The van der Waals surface area contributed by atoms with Gasteiger partial charge in [0.1, 0.15) is 6.04 Å². The molecule has 108 valence electrons. The van der Waals surface area contributed by atoms with Crippen molar-refractivity contribution >= 4 is 11.9 Å². The molecule has 0 bridgehead atoms. The van der Waals surface area contributed by atoms with Gasteiger partial charge in [-0.3, -0.25) is 4.79 Å². The second-order valence-electron chi connectivity index (χ2n) is 5.41. The number of likely N-dealkylation sites (tertiary alicyclic amines) is 1. The first-order valence-corrected chi connectivity index (χ1v) is 6.92. The summed E-state index contributed by atoms with van der Waals surface area (Å²) in [5.41, 5.74) is 3.41. The van der Waals surface area contributed by atoms with E-state index in [-0.39, 0.29) is 17.9 Å². The third-order valence-corrected chi connectivity index (χ3v) is 4.02. The zero-order valence-electron chi connectivity index (χ0n) is 12.5. The number of carbonyl (C=O) groups excluding carboxylic acids is 2. The number of methoxy groups -OCH3 is 1. The van der Waals surface area contributed by atoms with Crippen molar-refractivity contribution in [1.29, 1.82) is 0 Å². The average Bonchev–Trinajstić information content (AvgIpc) is 2.79. The van der Waals surface area contributed by atoms with Crippen molar-refractivity contribution in [2.75, 3.05) is 7.11 Å². The molecule has 0 radical (unpaired) electrons. The Hall–Kier alpha value is -1.84. The van der Waals surface area contributed by atoms with Crippen molar-refractivity contribution in [2.24, 2.45) is 0 Å². The van der Waals surface area contributed by atoms with Crippen LogP contribution in [-0.4, -0.2) is 29.9 Å². The number of esters is 1. The molecule has 4 nitrogen and oxygen atoms in total. The highest BCUT2D eigenvalue weighted by molar-refractivity contribution is 5.88. The molecule has 2 atom stereocenters. The zero-order valence-corrected chi connectivity index (χ0v) is 12.5. The van der Waals surface area contributed by atoms with Crippen LogP contribution in [0.3, 0.4) is 0 Å². The second-order valence-corrected chi connectivity index (χ2v) is 5.41. The van der Waals surface area contributed by atoms with Crippen molar-refractivity contribution in [3.63, 3.8) is 0 Å². The molecular formula is C16H21NO3. The molecule has 1 saturated heterocycles. The lowest BCUT2D eigenvalue weighted by atomic mass is 9.98. The minimum absolute atomic E-state index is 0.0212. The van der Waals surface area contributed by atoms with Gasteiger partial charge in [0.15, 0.2) is 0 Å². The molecule has 20 heavy (non-hydrogen) atoms. The molecule has 0 saturated carbocycles. The van der Waals surface area contributed by atoms with Crippen molar-refractivity contribution < 1.29 is 14.3 Å². The van der Waals surface area contributed by atoms with Crippen molar-refractivity contribution in [3.8, 4) is 0 Å². The van der Waals surface area contributed by atoms with Gasteiger partial charge in [-0.05, 0) is 38.3 Å². The van der Waals surface area contributed by atoms with Crippen LogP contribution in [0.25, 0.3) is 0 Å². The Labute approximate surface area is 119 Å². The van der Waals surface area contributed by atoms with Crippen LogP contribution in [0.4, 0.5) is 0 Å². The Kier molecular flexibility index (Phi) is 4.12. The highest BCUT2D eigenvalue weighted by atomic mass is 16.5. The lowest BCUT2D eigenvalue weighted by Crippen LogP contribution is -2.41. The number of carbonyl (C=O) groups is 2. The Bertz CT molecular complexity index is 539. The third-order valence-electron chi connectivity index (χ3n) is 4.02. The van der Waals surface area contributed by atoms with Gasteiger partial charge in [-0.1, -0.05) is 23.8 Å². The summed E-state index contributed by atoms with van der Waals surface area (Å²) in [4.78, 5) is 25.6. The lowest BCUT2D eigenvalue weighted by molar-refractivity contribution is -0.150. The monoisotopic (exact) mass is 275 g/mol. The highest BCUT2D eigenvalue weighted by Gasteiger charge is 2.40. The molecular weight excluding hydrogens is 254 g/mol. The molecule has 2 unspecified atom stereocenters. The van der Waals surface area contributed by atoms with Crippen LogP contribution in [0.5, 0.6) is 0 Å². The Morgan fingerprint density at radius 3 is 2.70 bits per heavy atom. The molecule has 1 aromatic carbocycles. The fraction of sp³-hybridized carbons (Fsp3) is 0.500. The molecule has 0 aromatic heterocycles. The van der Waals surface area contributed by atoms with Crippen LogP contribution in [0.1, 0.15) is 42.5 Å². The van der Waals surface area contributed by atoms with E-state index in [1.807, 2.05) is 32.9 Å². The molecule has 1 aromatic rings. The summed E-state index contributed by atoms with van der Waals surface area (Å²) in [7, 11) is 1.37. The van der Waals surface area contributed by atoms with Gasteiger partial charge in [0.05, 0.1) is 13.2 Å². The van der Waals surface area contributed by atoms with E-state index in [1.165, 1.54) is 12.7 Å². The maximum absolute atomic E-state index is 12.1. The largest absolute Gasteiger partial charge is 0.467 e. The summed E-state index contributed by atoms with van der Waals surface area (Å²) < 4.78 is 4.82. The van der Waals surface area contributed by atoms with Gasteiger partial charge in [-0.15, -0.1) is 0 Å². The van der Waals surface area contributed by atoms with Crippen LogP contribution in [-0.2, 0) is 14.3 Å². The maximum atomic E-state index is 12.1. The number of rotatable bonds is 3. The van der Waals surface area contributed by atoms with Crippen LogP contribution in [0.2, 0.25) is 0 Å². The fourth-order valence-electron chi connectivity index (χ4n) is 3.00. The summed E-state index contributed by atoms with van der Waals surface area (Å²) in [6.07, 6.45) is 0.954. The van der Waals surface area contributed by atoms with Crippen LogP contribution < -0.4 is 0 Å². The van der Waals surface area contributed by atoms with Crippen molar-refractivity contribution in [2.45, 2.75) is 45.7 Å². The summed E-state index contributed by atoms with van der Waals surface area (Å²) >= 11 is 0. The highest BCUT2D eigenvalue weighted by Crippen LogP contribution is 2.32. The third kappa shape index (κ3) is 2.55. The molecule has 0 aliphatic carbocycles. The smallest absolute Gasteiger partial charge is 0.328 e. The molecule has 1 aliphatic rings. The lowest BCUT2D eigenvalue weighted by Gasteiger charge is -2.30. The number of aryl methyl sites for hydroxylation is 2. The summed E-state index contributed by atoms with van der Waals surface area (Å²) in [6, 6.07) is 5.60. The number of amides is 1. The Balaban J connectivity index is 2.32. The number of hydrogen-bond acceptors (Lipinski definition) is 3. The minimum atomic E-state index is -0.455. The van der Waals surface area contributed by atoms with E-state index in [1.54, 1.807) is 4.90 Å². The zero-order chi connectivity index (χ0) is 14.9. The normalized spacial score (nSPS) is 20.1. The van der Waals surface area contributed by atoms with Crippen LogP contribution in [0, 0.1) is 13.8 Å². The van der Waals surface area contributed by atoms with E-state index in [0.29, 0.717) is 12.8 Å². The predicted molar refractivity (Wildman–Crippen MR) is 76.2 cm³/mol. The molecule has 1 fully saturated rings. The van der Waals surface area contributed by atoms with Gasteiger partial charge in [0.2, 0.25) is 5.91 Å². The van der Waals surface area contributed by atoms with E-state index in [0.717, 1.165) is 11.1 Å². The average molecular weight is 275 g/mol. The number of nitrogens with zero attached hydrogens (tertiary/aromatic N) is 1. The molecule has 1 heterocycles. The molecule has 4 heteroatoms. The first-order chi connectivity index (χ1) is 9.45. The van der Waals surface area contributed by atoms with E-state index in [2.05, 4.69) is 6.07 Å². The molecule has 2 rings (SSSR count). The van der Waals surface area contributed by atoms with E-state index < -0.39 is 6.04 Å². The Morgan fingerprint density at radius 1 is 1.40 bits per heavy atom. The summed E-state index contributed by atoms with van der Waals surface area (Å²) in [6.45, 7) is 6.04. The van der Waals surface area contributed by atoms with E-state index in [9.17, 15) is 9.59 Å². The van der Waals surface area contributed by atoms with Gasteiger partial charge >= 0.3 is 5.97 Å². The second kappa shape index (κ2) is 5.65. The quantitative estimate of drug-likeness (QED) is 0.796. The SMILES string of the molecule is COC(=O)C1CCC(=O)N1C(C)c1ccc(C)cc1C. The first kappa shape index (κ1) is 14.6. The summed E-state index contributed by atoms with van der Waals surface area (Å²) in [5.74, 6) is -0.305. The predicted octanol–water partition coefficient (Wildman–Crippen LogP) is 2.53. The van der Waals surface area contributed by atoms with E-state index in [4.69, 9.17) is 4.74 Å². The standard InChI is InChI=1S/C16H21NO3/c1-10-5-6-13(11(2)9-10)12(3)17-14(16(19)20-4)7-8-15(17)18/h5-6,9,12,14H,7-8H2,1-4H3. The van der Waals surface area contributed by atoms with Crippen molar-refractivity contribution in [3.05, 3.63) is 34.9 Å². The molecule has 1 aliphatic heterocycles. The fourth-order valence-corrected chi connectivity index (χ4v) is 3.00. The number of ether oxygens (including phenoxy) is 1. The minimum Gasteiger partial charge on any atom is -0.467 e. The maximum Gasteiger partial charge on any atom is 0.328 e. The van der Waals surface area contributed by atoms with E-state index >= 15 is 0 Å². The van der Waals surface area contributed by atoms with Gasteiger partial charge in [0.25, 0.3) is 0 Å². The number of hydrogen-bond donors (Lipinski definition) is 0. The van der Waals surface area contributed by atoms with Crippen LogP contribution in [0.15, 0.2) is 18.2 Å². The topological polar surface area (TPSA) is 46.6 Å². The van der Waals surface area contributed by atoms with Crippen molar-refractivity contribution in [1.82, 2.24) is 4.90 Å². The van der Waals surface area contributed by atoms with Crippen LogP contribution >= 0.6 is 0 Å². The Morgan fingerprint density at radius 2 is 2.10 bits per heavy atom.